The van der Waals surface area contributed by atoms with Crippen LogP contribution in [0.5, 0.6) is 5.75 Å². The molecule has 0 unspecified atom stereocenters. The zero-order chi connectivity index (χ0) is 19.5. The summed E-state index contributed by atoms with van der Waals surface area (Å²) in [5, 5.41) is 10.3. The van der Waals surface area contributed by atoms with Crippen molar-refractivity contribution in [3.05, 3.63) is 53.1 Å². The maximum atomic E-state index is 9.59. The Morgan fingerprint density at radius 3 is 2.04 bits per heavy atom. The first-order chi connectivity index (χ1) is 12.2. The lowest BCUT2D eigenvalue weighted by molar-refractivity contribution is 0.282. The second-order valence-electron chi connectivity index (χ2n) is 7.92. The molecule has 4 heteroatoms. The van der Waals surface area contributed by atoms with Crippen LogP contribution >= 0.6 is 11.6 Å². The Morgan fingerprint density at radius 1 is 0.923 bits per heavy atom. The zero-order valence-electron chi connectivity index (χ0n) is 16.7. The molecule has 0 atom stereocenters. The number of halogens is 1. The molecule has 2 nitrogen and oxygen atoms in total. The molecule has 0 fully saturated rings. The highest BCUT2D eigenvalue weighted by molar-refractivity contribution is 6.78. The molecule has 0 amide bonds. The third-order valence-electron chi connectivity index (χ3n) is 5.36. The van der Waals surface area contributed by atoms with Crippen molar-refractivity contribution in [2.24, 2.45) is 0 Å². The van der Waals surface area contributed by atoms with Gasteiger partial charge in [0.2, 0.25) is 0 Å². The summed E-state index contributed by atoms with van der Waals surface area (Å²) in [5.74, 6) is 0.896. The highest BCUT2D eigenvalue weighted by atomic mass is 35.5. The first-order valence-electron chi connectivity index (χ1n) is 9.41. The molecule has 0 saturated heterocycles. The van der Waals surface area contributed by atoms with Crippen LogP contribution in [-0.4, -0.2) is 13.4 Å². The highest BCUT2D eigenvalue weighted by Crippen LogP contribution is 2.45. The summed E-state index contributed by atoms with van der Waals surface area (Å²) in [7, 11) is -2.07. The van der Waals surface area contributed by atoms with Crippen LogP contribution in [0.25, 0.3) is 11.1 Å². The van der Waals surface area contributed by atoms with Crippen LogP contribution in [0.4, 0.5) is 0 Å². The van der Waals surface area contributed by atoms with Crippen LogP contribution in [0.1, 0.15) is 47.1 Å². The minimum atomic E-state index is -2.07. The predicted molar refractivity (Wildman–Crippen MR) is 114 cm³/mol. The van der Waals surface area contributed by atoms with E-state index >= 15 is 0 Å². The lowest BCUT2D eigenvalue weighted by atomic mass is 10.0. The first-order valence-corrected chi connectivity index (χ1v) is 11.9. The van der Waals surface area contributed by atoms with E-state index in [1.54, 1.807) is 0 Å². The van der Waals surface area contributed by atoms with Crippen molar-refractivity contribution < 1.29 is 9.53 Å². The van der Waals surface area contributed by atoms with Crippen molar-refractivity contribution in [1.82, 2.24) is 0 Å². The molecule has 2 aromatic rings. The fourth-order valence-electron chi connectivity index (χ4n) is 4.19. The van der Waals surface area contributed by atoms with E-state index in [2.05, 4.69) is 41.5 Å². The molecule has 142 valence electrons. The highest BCUT2D eigenvalue weighted by Gasteiger charge is 2.47. The normalized spacial score (nSPS) is 12.3. The van der Waals surface area contributed by atoms with Gasteiger partial charge in [0.25, 0.3) is 8.32 Å². The Labute approximate surface area is 164 Å². The molecule has 0 aliphatic heterocycles. The average molecular weight is 391 g/mol. The summed E-state index contributed by atoms with van der Waals surface area (Å²) in [4.78, 5) is 0. The minimum absolute atomic E-state index is 0.00889. The number of aliphatic hydroxyl groups is 1. The quantitative estimate of drug-likeness (QED) is 0.513. The average Bonchev–Trinajstić information content (AvgIpc) is 2.58. The van der Waals surface area contributed by atoms with Gasteiger partial charge in [-0.3, -0.25) is 0 Å². The van der Waals surface area contributed by atoms with Crippen LogP contribution < -0.4 is 4.43 Å². The predicted octanol–water partition coefficient (Wildman–Crippen LogP) is 7.05. The van der Waals surface area contributed by atoms with Crippen LogP contribution in [0, 0.1) is 0 Å². The van der Waals surface area contributed by atoms with Crippen molar-refractivity contribution in [2.75, 3.05) is 0 Å². The van der Waals surface area contributed by atoms with Gasteiger partial charge in [-0.15, -0.1) is 0 Å². The van der Waals surface area contributed by atoms with Crippen LogP contribution in [0.2, 0.25) is 21.6 Å². The molecule has 0 saturated carbocycles. The van der Waals surface area contributed by atoms with E-state index in [1.807, 2.05) is 42.5 Å². The second kappa shape index (κ2) is 8.60. The largest absolute Gasteiger partial charge is 0.542 e. The number of benzene rings is 2. The van der Waals surface area contributed by atoms with Gasteiger partial charge < -0.3 is 9.53 Å². The number of hydrogen-bond acceptors (Lipinski definition) is 2. The van der Waals surface area contributed by atoms with Gasteiger partial charge in [-0.05, 0) is 52.0 Å². The third kappa shape index (κ3) is 4.16. The molecule has 2 rings (SSSR count). The SMILES string of the molecule is CC(C)[Si](Oc1ccc(CO)cc1-c1cccc(Cl)c1)(C(C)C)C(C)C. The van der Waals surface area contributed by atoms with Crippen molar-refractivity contribution >= 4 is 19.9 Å². The Hall–Kier alpha value is -1.29. The fraction of sp³-hybridized carbons (Fsp3) is 0.455. The van der Waals surface area contributed by atoms with Crippen LogP contribution in [-0.2, 0) is 6.61 Å². The Morgan fingerprint density at radius 2 is 1.54 bits per heavy atom. The summed E-state index contributed by atoms with van der Waals surface area (Å²) in [5.41, 5.74) is 4.37. The lowest BCUT2D eigenvalue weighted by Crippen LogP contribution is -2.50. The van der Waals surface area contributed by atoms with E-state index in [9.17, 15) is 5.11 Å². The Bertz CT molecular complexity index is 719. The molecule has 0 radical (unpaired) electrons. The fourth-order valence-corrected chi connectivity index (χ4v) is 9.65. The summed E-state index contributed by atoms with van der Waals surface area (Å²) in [6, 6.07) is 13.8. The van der Waals surface area contributed by atoms with E-state index < -0.39 is 8.32 Å². The topological polar surface area (TPSA) is 29.5 Å². The molecule has 0 bridgehead atoms. The Balaban J connectivity index is 2.62. The molecule has 0 aromatic heterocycles. The van der Waals surface area contributed by atoms with E-state index in [0.29, 0.717) is 21.6 Å². The molecule has 2 aromatic carbocycles. The summed E-state index contributed by atoms with van der Waals surface area (Å²) in [6.45, 7) is 13.7. The summed E-state index contributed by atoms with van der Waals surface area (Å²) < 4.78 is 6.93. The lowest BCUT2D eigenvalue weighted by Gasteiger charge is -2.42. The van der Waals surface area contributed by atoms with Crippen molar-refractivity contribution in [3.63, 3.8) is 0 Å². The summed E-state index contributed by atoms with van der Waals surface area (Å²) >= 11 is 6.22. The maximum Gasteiger partial charge on any atom is 0.258 e. The number of aliphatic hydroxyl groups excluding tert-OH is 1. The van der Waals surface area contributed by atoms with Gasteiger partial charge in [-0.25, -0.2) is 0 Å². The molecule has 0 heterocycles. The minimum Gasteiger partial charge on any atom is -0.542 e. The van der Waals surface area contributed by atoms with Crippen LogP contribution in [0.3, 0.4) is 0 Å². The van der Waals surface area contributed by atoms with E-state index in [0.717, 1.165) is 22.4 Å². The molecule has 1 N–H and O–H groups in total. The Kier molecular flexibility index (Phi) is 6.95. The van der Waals surface area contributed by atoms with Crippen LogP contribution in [0.15, 0.2) is 42.5 Å². The van der Waals surface area contributed by atoms with Gasteiger partial charge >= 0.3 is 0 Å². The van der Waals surface area contributed by atoms with Gasteiger partial charge in [0, 0.05) is 10.6 Å². The smallest absolute Gasteiger partial charge is 0.258 e. The maximum absolute atomic E-state index is 9.59. The van der Waals surface area contributed by atoms with Gasteiger partial charge in [-0.2, -0.15) is 0 Å². The first kappa shape index (κ1) is 21.0. The molecular formula is C22H31ClO2Si. The molecule has 0 aliphatic carbocycles. The van der Waals surface area contributed by atoms with E-state index in [4.69, 9.17) is 16.0 Å². The van der Waals surface area contributed by atoms with Crippen molar-refractivity contribution in [1.29, 1.82) is 0 Å². The molecular weight excluding hydrogens is 360 g/mol. The van der Waals surface area contributed by atoms with Crippen molar-refractivity contribution in [2.45, 2.75) is 64.8 Å². The van der Waals surface area contributed by atoms with E-state index in [-0.39, 0.29) is 6.61 Å². The van der Waals surface area contributed by atoms with Gasteiger partial charge in [-0.1, -0.05) is 71.3 Å². The van der Waals surface area contributed by atoms with Gasteiger partial charge in [0.1, 0.15) is 5.75 Å². The zero-order valence-corrected chi connectivity index (χ0v) is 18.5. The monoisotopic (exact) mass is 390 g/mol. The number of hydrogen-bond donors (Lipinski definition) is 1. The standard InChI is InChI=1S/C22H31ClO2Si/c1-15(2)26(16(3)4,17(5)6)25-22-11-10-18(14-24)12-21(22)19-8-7-9-20(23)13-19/h7-13,15-17,24H,14H2,1-6H3. The molecule has 0 spiro atoms. The summed E-state index contributed by atoms with van der Waals surface area (Å²) in [6.07, 6.45) is 0. The molecule has 0 aliphatic rings. The second-order valence-corrected chi connectivity index (χ2v) is 13.7. The van der Waals surface area contributed by atoms with Gasteiger partial charge in [0.15, 0.2) is 0 Å². The van der Waals surface area contributed by atoms with E-state index in [1.165, 1.54) is 0 Å². The molecule has 26 heavy (non-hydrogen) atoms. The van der Waals surface area contributed by atoms with Gasteiger partial charge in [0.05, 0.1) is 6.61 Å². The number of rotatable bonds is 7. The van der Waals surface area contributed by atoms with Crippen molar-refractivity contribution in [3.8, 4) is 16.9 Å². The third-order valence-corrected chi connectivity index (χ3v) is 11.6.